The smallest absolute Gasteiger partial charge is 0.247 e. The van der Waals surface area contributed by atoms with E-state index in [0.29, 0.717) is 41.8 Å². The van der Waals surface area contributed by atoms with Gasteiger partial charge >= 0.3 is 0 Å². The first-order chi connectivity index (χ1) is 14.8. The van der Waals surface area contributed by atoms with Crippen LogP contribution in [0.4, 0.5) is 21.8 Å². The van der Waals surface area contributed by atoms with Gasteiger partial charge in [0.15, 0.2) is 5.82 Å². The molecule has 0 unspecified atom stereocenters. The fraction of sp³-hybridized carbons (Fsp3) is 0.364. The van der Waals surface area contributed by atoms with Crippen LogP contribution in [0.2, 0.25) is 0 Å². The number of carbonyl (C=O) groups is 1. The van der Waals surface area contributed by atoms with Gasteiger partial charge in [0, 0.05) is 30.9 Å². The molecule has 1 amide bonds. The monoisotopic (exact) mass is 457 g/mol. The van der Waals surface area contributed by atoms with Gasteiger partial charge in [-0.05, 0) is 18.9 Å². The van der Waals surface area contributed by atoms with Crippen LogP contribution in [0.1, 0.15) is 30.7 Å². The summed E-state index contributed by atoms with van der Waals surface area (Å²) in [7, 11) is 1.88. The summed E-state index contributed by atoms with van der Waals surface area (Å²) in [6.45, 7) is 6.71. The largest absolute Gasteiger partial charge is 0.350 e. The molecular formula is C22H28FN7OS. The number of anilines is 3. The van der Waals surface area contributed by atoms with E-state index in [4.69, 9.17) is 0 Å². The highest BCUT2D eigenvalue weighted by Gasteiger charge is 2.35. The average Bonchev–Trinajstić information content (AvgIpc) is 3.16. The minimum Gasteiger partial charge on any atom is -0.350 e. The maximum absolute atomic E-state index is 13.9. The molecule has 1 aliphatic rings. The van der Waals surface area contributed by atoms with E-state index in [0.717, 1.165) is 5.56 Å². The molecule has 0 aliphatic carbocycles. The lowest BCUT2D eigenvalue weighted by molar-refractivity contribution is -0.118. The van der Waals surface area contributed by atoms with Crippen LogP contribution in [0.25, 0.3) is 0 Å². The Morgan fingerprint density at radius 2 is 2.00 bits per heavy atom. The van der Waals surface area contributed by atoms with Gasteiger partial charge in [-0.1, -0.05) is 32.0 Å². The van der Waals surface area contributed by atoms with Gasteiger partial charge in [-0.3, -0.25) is 9.48 Å². The first-order valence-corrected chi connectivity index (χ1v) is 10.2. The molecule has 1 aromatic carbocycles. The van der Waals surface area contributed by atoms with E-state index < -0.39 is 0 Å². The maximum Gasteiger partial charge on any atom is 0.247 e. The molecule has 32 heavy (non-hydrogen) atoms. The van der Waals surface area contributed by atoms with E-state index in [2.05, 4.69) is 25.7 Å². The van der Waals surface area contributed by atoms with Crippen LogP contribution in [0.3, 0.4) is 0 Å². The number of halogens is 1. The van der Waals surface area contributed by atoms with Crippen molar-refractivity contribution in [2.24, 2.45) is 5.92 Å². The summed E-state index contributed by atoms with van der Waals surface area (Å²) >= 11 is 0. The zero-order chi connectivity index (χ0) is 22.1. The first kappa shape index (κ1) is 23.5. The number of hydrogen-bond acceptors (Lipinski definition) is 6. The van der Waals surface area contributed by atoms with Gasteiger partial charge in [-0.15, -0.1) is 0 Å². The van der Waals surface area contributed by atoms with Crippen molar-refractivity contribution in [3.63, 3.8) is 0 Å². The maximum atomic E-state index is 13.9. The Morgan fingerprint density at radius 3 is 2.72 bits per heavy atom. The predicted octanol–water partition coefficient (Wildman–Crippen LogP) is 3.31. The van der Waals surface area contributed by atoms with Crippen molar-refractivity contribution in [1.82, 2.24) is 19.7 Å². The summed E-state index contributed by atoms with van der Waals surface area (Å²) in [6, 6.07) is 6.39. The minimum atomic E-state index is -0.286. The highest BCUT2D eigenvalue weighted by Crippen LogP contribution is 2.34. The Balaban J connectivity index is 0.00000289. The van der Waals surface area contributed by atoms with Crippen LogP contribution in [0, 0.1) is 18.7 Å². The Bertz CT molecular complexity index is 1120. The number of amides is 1. The van der Waals surface area contributed by atoms with E-state index in [1.807, 2.05) is 45.0 Å². The third kappa shape index (κ3) is 4.69. The highest BCUT2D eigenvalue weighted by atomic mass is 32.1. The van der Waals surface area contributed by atoms with Crippen LogP contribution < -0.4 is 15.5 Å². The standard InChI is InChI=1S/C22H26FN7O.H2S/c1-13(2)19-21(31)27-18-14(3)26-22(28-20(18)29(19)4)24-9-15-10-25-30(11-15)12-16-7-5-6-8-17(16)23;/h5-8,10-11,13,19H,9,12H2,1-4H3,(H,27,31)(H,24,26,28);1H2/t19-;/m0./s1. The number of hydrogen-bond donors (Lipinski definition) is 2. The number of nitrogens with one attached hydrogen (secondary N) is 2. The van der Waals surface area contributed by atoms with Gasteiger partial charge in [0.2, 0.25) is 11.9 Å². The van der Waals surface area contributed by atoms with Crippen molar-refractivity contribution in [3.05, 3.63) is 59.3 Å². The number of nitrogens with zero attached hydrogens (tertiary/aromatic N) is 5. The number of fused-ring (bicyclic) bond motifs is 1. The third-order valence-electron chi connectivity index (χ3n) is 5.40. The molecule has 1 aliphatic heterocycles. The summed E-state index contributed by atoms with van der Waals surface area (Å²) in [5.41, 5.74) is 2.86. The van der Waals surface area contributed by atoms with E-state index in [1.165, 1.54) is 6.07 Å². The van der Waals surface area contributed by atoms with Crippen LogP contribution in [0.5, 0.6) is 0 Å². The number of rotatable bonds is 6. The zero-order valence-corrected chi connectivity index (χ0v) is 19.6. The van der Waals surface area contributed by atoms with Crippen molar-refractivity contribution in [1.29, 1.82) is 0 Å². The molecule has 0 saturated heterocycles. The van der Waals surface area contributed by atoms with Crippen molar-refractivity contribution < 1.29 is 9.18 Å². The summed E-state index contributed by atoms with van der Waals surface area (Å²) in [4.78, 5) is 23.5. The van der Waals surface area contributed by atoms with Crippen molar-refractivity contribution in [3.8, 4) is 0 Å². The molecule has 0 spiro atoms. The number of benzene rings is 1. The third-order valence-corrected chi connectivity index (χ3v) is 5.40. The van der Waals surface area contributed by atoms with Gasteiger partial charge in [0.1, 0.15) is 17.5 Å². The SMILES string of the molecule is Cc1nc(NCc2cnn(Cc3ccccc3F)c2)nc2c1NC(=O)[C@H](C(C)C)N2C.S. The Hall–Kier alpha value is -3.14. The molecule has 1 atom stereocenters. The van der Waals surface area contributed by atoms with Crippen LogP contribution in [-0.4, -0.2) is 38.7 Å². The summed E-state index contributed by atoms with van der Waals surface area (Å²) in [5.74, 6) is 1.03. The Morgan fingerprint density at radius 1 is 1.25 bits per heavy atom. The van der Waals surface area contributed by atoms with Gasteiger partial charge in [0.05, 0.1) is 18.4 Å². The lowest BCUT2D eigenvalue weighted by Crippen LogP contribution is -2.49. The second kappa shape index (κ2) is 9.56. The van der Waals surface area contributed by atoms with E-state index in [-0.39, 0.29) is 37.2 Å². The van der Waals surface area contributed by atoms with Crippen LogP contribution in [0.15, 0.2) is 36.7 Å². The van der Waals surface area contributed by atoms with E-state index >= 15 is 0 Å². The molecule has 2 N–H and O–H groups in total. The fourth-order valence-corrected chi connectivity index (χ4v) is 3.86. The molecule has 0 saturated carbocycles. The number of likely N-dealkylation sites (N-methyl/N-ethyl adjacent to an activating group) is 1. The van der Waals surface area contributed by atoms with E-state index in [1.54, 1.807) is 23.0 Å². The molecule has 3 aromatic rings. The molecule has 0 radical (unpaired) electrons. The topological polar surface area (TPSA) is 88.0 Å². The summed E-state index contributed by atoms with van der Waals surface area (Å²) in [6.07, 6.45) is 3.60. The lowest BCUT2D eigenvalue weighted by Gasteiger charge is -2.36. The Labute approximate surface area is 193 Å². The fourth-order valence-electron chi connectivity index (χ4n) is 3.86. The highest BCUT2D eigenvalue weighted by molar-refractivity contribution is 7.59. The van der Waals surface area contributed by atoms with E-state index in [9.17, 15) is 9.18 Å². The predicted molar refractivity (Wildman–Crippen MR) is 128 cm³/mol. The minimum absolute atomic E-state index is 0. The van der Waals surface area contributed by atoms with Crippen LogP contribution in [-0.2, 0) is 17.9 Å². The number of aryl methyl sites for hydroxylation is 1. The second-order valence-electron chi connectivity index (χ2n) is 8.11. The van der Waals surface area contributed by atoms with Crippen molar-refractivity contribution in [2.45, 2.75) is 39.9 Å². The first-order valence-electron chi connectivity index (χ1n) is 10.2. The van der Waals surface area contributed by atoms with Crippen molar-refractivity contribution >= 4 is 36.9 Å². The quantitative estimate of drug-likeness (QED) is 0.591. The van der Waals surface area contributed by atoms with Crippen molar-refractivity contribution in [2.75, 3.05) is 22.6 Å². The molecule has 2 aromatic heterocycles. The van der Waals surface area contributed by atoms with Crippen LogP contribution >= 0.6 is 13.5 Å². The normalized spacial score (nSPS) is 15.2. The molecule has 10 heteroatoms. The molecule has 0 fully saturated rings. The Kier molecular flexibility index (Phi) is 7.02. The number of carbonyl (C=O) groups excluding carboxylic acids is 1. The molecular weight excluding hydrogens is 429 g/mol. The zero-order valence-electron chi connectivity index (χ0n) is 18.6. The molecule has 8 nitrogen and oxygen atoms in total. The van der Waals surface area contributed by atoms with Gasteiger partial charge in [-0.2, -0.15) is 23.6 Å². The summed E-state index contributed by atoms with van der Waals surface area (Å²) < 4.78 is 15.6. The number of aromatic nitrogens is 4. The average molecular weight is 458 g/mol. The van der Waals surface area contributed by atoms with Gasteiger partial charge < -0.3 is 15.5 Å². The second-order valence-corrected chi connectivity index (χ2v) is 8.11. The molecule has 0 bridgehead atoms. The summed E-state index contributed by atoms with van der Waals surface area (Å²) in [5, 5.41) is 10.5. The lowest BCUT2D eigenvalue weighted by atomic mass is 9.99. The van der Waals surface area contributed by atoms with Gasteiger partial charge in [-0.25, -0.2) is 9.37 Å². The van der Waals surface area contributed by atoms with Gasteiger partial charge in [0.25, 0.3) is 0 Å². The molecule has 170 valence electrons. The molecule has 4 rings (SSSR count). The molecule has 3 heterocycles.